The molecule has 0 radical (unpaired) electrons. The van der Waals surface area contributed by atoms with E-state index in [1.807, 2.05) is 20.2 Å². The first-order chi connectivity index (χ1) is 9.08. The highest BCUT2D eigenvalue weighted by molar-refractivity contribution is 5.88. The van der Waals surface area contributed by atoms with Crippen molar-refractivity contribution in [2.24, 2.45) is 5.92 Å². The normalized spacial score (nSPS) is 20.8. The summed E-state index contributed by atoms with van der Waals surface area (Å²) in [7, 11) is 3.53. The van der Waals surface area contributed by atoms with Gasteiger partial charge in [-0.3, -0.25) is 15.1 Å². The number of rotatable bonds is 6. The molecule has 1 unspecified atom stereocenters. The molecule has 19 heavy (non-hydrogen) atoms. The lowest BCUT2D eigenvalue weighted by molar-refractivity contribution is -0.129. The molecule has 1 fully saturated rings. The number of carbonyl (C=O) groups excluding carboxylic acids is 1. The minimum absolute atomic E-state index is 0.0361. The molecule has 1 aliphatic rings. The third-order valence-corrected chi connectivity index (χ3v) is 3.28. The lowest BCUT2D eigenvalue weighted by Crippen LogP contribution is -2.33. The van der Waals surface area contributed by atoms with Gasteiger partial charge in [-0.2, -0.15) is 0 Å². The lowest BCUT2D eigenvalue weighted by atomic mass is 10.1. The zero-order chi connectivity index (χ0) is 14.3. The summed E-state index contributed by atoms with van der Waals surface area (Å²) < 4.78 is 0. The highest BCUT2D eigenvalue weighted by Gasteiger charge is 2.29. The molecule has 1 saturated heterocycles. The largest absolute Gasteiger partial charge is 0.394 e. The number of carbonyl (C=O) groups is 1. The van der Waals surface area contributed by atoms with Gasteiger partial charge in [0, 0.05) is 27.2 Å². The second-order valence-electron chi connectivity index (χ2n) is 4.90. The molecule has 1 rings (SSSR count). The van der Waals surface area contributed by atoms with Crippen LogP contribution in [0.25, 0.3) is 0 Å². The molecular formula is C14H24N4O. The van der Waals surface area contributed by atoms with Crippen LogP contribution in [-0.4, -0.2) is 55.8 Å². The summed E-state index contributed by atoms with van der Waals surface area (Å²) in [6.07, 6.45) is 8.12. The number of hydrogen-bond donors (Lipinski definition) is 2. The summed E-state index contributed by atoms with van der Waals surface area (Å²) >= 11 is 0. The van der Waals surface area contributed by atoms with Crippen molar-refractivity contribution in [1.29, 1.82) is 5.41 Å². The maximum atomic E-state index is 11.9. The van der Waals surface area contributed by atoms with Gasteiger partial charge in [0.25, 0.3) is 0 Å². The van der Waals surface area contributed by atoms with Gasteiger partial charge in [0.15, 0.2) is 0 Å². The molecule has 1 atom stereocenters. The van der Waals surface area contributed by atoms with E-state index in [1.165, 1.54) is 10.5 Å². The van der Waals surface area contributed by atoms with Gasteiger partial charge >= 0.3 is 0 Å². The average molecular weight is 264 g/mol. The molecule has 5 nitrogen and oxygen atoms in total. The Kier molecular flexibility index (Phi) is 6.29. The third-order valence-electron chi connectivity index (χ3n) is 3.28. The summed E-state index contributed by atoms with van der Waals surface area (Å²) in [5.74, 6) is 0.0849. The number of allylic oxidation sites excluding steroid dienone is 2. The molecule has 5 heteroatoms. The van der Waals surface area contributed by atoms with Gasteiger partial charge in [-0.05, 0) is 31.7 Å². The van der Waals surface area contributed by atoms with Crippen LogP contribution in [0.5, 0.6) is 0 Å². The van der Waals surface area contributed by atoms with Gasteiger partial charge in [-0.15, -0.1) is 0 Å². The summed E-state index contributed by atoms with van der Waals surface area (Å²) in [5, 5.41) is 10.1. The fourth-order valence-corrected chi connectivity index (χ4v) is 2.22. The van der Waals surface area contributed by atoms with Crippen molar-refractivity contribution in [3.05, 3.63) is 23.9 Å². The number of nitrogens with zero attached hydrogens (tertiary/aromatic N) is 2. The van der Waals surface area contributed by atoms with Crippen molar-refractivity contribution in [2.45, 2.75) is 13.3 Å². The monoisotopic (exact) mass is 264 g/mol. The summed E-state index contributed by atoms with van der Waals surface area (Å²) in [6.45, 7) is 4.65. The molecule has 1 amide bonds. The Balaban J connectivity index is 2.39. The van der Waals surface area contributed by atoms with Crippen molar-refractivity contribution in [1.82, 2.24) is 15.1 Å². The number of nitrogens with one attached hydrogen (secondary N) is 2. The van der Waals surface area contributed by atoms with Gasteiger partial charge in [0.05, 0.1) is 12.3 Å². The van der Waals surface area contributed by atoms with Crippen LogP contribution in [0.2, 0.25) is 0 Å². The highest BCUT2D eigenvalue weighted by Crippen LogP contribution is 2.17. The van der Waals surface area contributed by atoms with E-state index in [9.17, 15) is 4.79 Å². The highest BCUT2D eigenvalue weighted by atomic mass is 16.2. The standard InChI is InChI=1S/C14H24N4O/c1-12(9-16-2)5-4-7-18-8-6-13(10-18)14(19)17(3)11-15/h4-5,9,11,13,15-16H,6-8,10H2,1-3H3/b5-4-,12-9-,15-11?. The summed E-state index contributed by atoms with van der Waals surface area (Å²) in [6, 6.07) is 0. The van der Waals surface area contributed by atoms with E-state index >= 15 is 0 Å². The van der Waals surface area contributed by atoms with Crippen LogP contribution in [0.3, 0.4) is 0 Å². The van der Waals surface area contributed by atoms with E-state index < -0.39 is 0 Å². The molecule has 2 N–H and O–H groups in total. The average Bonchev–Trinajstić information content (AvgIpc) is 2.86. The molecule has 106 valence electrons. The van der Waals surface area contributed by atoms with Crippen molar-refractivity contribution in [3.8, 4) is 0 Å². The second kappa shape index (κ2) is 7.74. The molecule has 0 aromatic carbocycles. The van der Waals surface area contributed by atoms with Crippen LogP contribution >= 0.6 is 0 Å². The Bertz CT molecular complexity index is 376. The summed E-state index contributed by atoms with van der Waals surface area (Å²) in [5.41, 5.74) is 1.18. The van der Waals surface area contributed by atoms with Gasteiger partial charge < -0.3 is 10.2 Å². The molecule has 1 heterocycles. The quantitative estimate of drug-likeness (QED) is 0.428. The molecule has 1 aliphatic heterocycles. The number of hydrogen-bond acceptors (Lipinski definition) is 4. The Morgan fingerprint density at radius 1 is 1.58 bits per heavy atom. The zero-order valence-corrected chi connectivity index (χ0v) is 12.0. The smallest absolute Gasteiger partial charge is 0.231 e. The van der Waals surface area contributed by atoms with Crippen molar-refractivity contribution >= 4 is 12.2 Å². The Morgan fingerprint density at radius 2 is 2.32 bits per heavy atom. The van der Waals surface area contributed by atoms with Crippen LogP contribution in [0.4, 0.5) is 0 Å². The molecule has 0 aromatic heterocycles. The maximum absolute atomic E-state index is 11.9. The van der Waals surface area contributed by atoms with Crippen LogP contribution in [0, 0.1) is 11.3 Å². The fraction of sp³-hybridized carbons (Fsp3) is 0.571. The van der Waals surface area contributed by atoms with Crippen LogP contribution in [0.15, 0.2) is 23.9 Å². The zero-order valence-electron chi connectivity index (χ0n) is 12.0. The van der Waals surface area contributed by atoms with Crippen LogP contribution in [-0.2, 0) is 4.79 Å². The first-order valence-corrected chi connectivity index (χ1v) is 6.58. The van der Waals surface area contributed by atoms with Gasteiger partial charge in [-0.25, -0.2) is 0 Å². The Hall–Kier alpha value is -1.62. The van der Waals surface area contributed by atoms with Crippen molar-refractivity contribution < 1.29 is 4.79 Å². The minimum atomic E-state index is 0.0361. The van der Waals surface area contributed by atoms with Gasteiger partial charge in [0.1, 0.15) is 0 Å². The van der Waals surface area contributed by atoms with E-state index in [0.717, 1.165) is 32.4 Å². The van der Waals surface area contributed by atoms with Crippen molar-refractivity contribution in [3.63, 3.8) is 0 Å². The van der Waals surface area contributed by atoms with Gasteiger partial charge in [-0.1, -0.05) is 12.2 Å². The first kappa shape index (κ1) is 15.4. The number of likely N-dealkylation sites (tertiary alicyclic amines) is 1. The van der Waals surface area contributed by atoms with Crippen LogP contribution < -0.4 is 5.32 Å². The van der Waals surface area contributed by atoms with Crippen LogP contribution in [0.1, 0.15) is 13.3 Å². The molecule has 0 aromatic rings. The number of amides is 1. The van der Waals surface area contributed by atoms with E-state index in [2.05, 4.69) is 22.4 Å². The SMILES string of the molecule is CN/C=C(C)\C=C/CN1CCC(C(=O)N(C)C=N)C1. The maximum Gasteiger partial charge on any atom is 0.231 e. The summed E-state index contributed by atoms with van der Waals surface area (Å²) in [4.78, 5) is 15.5. The molecule has 0 bridgehead atoms. The molecule has 0 aliphatic carbocycles. The molecule has 0 saturated carbocycles. The molecular weight excluding hydrogens is 240 g/mol. The third kappa shape index (κ3) is 4.87. The topological polar surface area (TPSA) is 59.4 Å². The molecule has 0 spiro atoms. The first-order valence-electron chi connectivity index (χ1n) is 6.58. The predicted molar refractivity (Wildman–Crippen MR) is 78.1 cm³/mol. The van der Waals surface area contributed by atoms with Gasteiger partial charge in [0.2, 0.25) is 5.91 Å². The van der Waals surface area contributed by atoms with E-state index in [1.54, 1.807) is 7.05 Å². The van der Waals surface area contributed by atoms with E-state index in [-0.39, 0.29) is 11.8 Å². The lowest BCUT2D eigenvalue weighted by Gasteiger charge is -2.16. The Morgan fingerprint density at radius 3 is 2.95 bits per heavy atom. The fourth-order valence-electron chi connectivity index (χ4n) is 2.22. The second-order valence-corrected chi connectivity index (χ2v) is 4.90. The van der Waals surface area contributed by atoms with Crippen molar-refractivity contribution in [2.75, 3.05) is 33.7 Å². The Labute approximate surface area is 115 Å². The predicted octanol–water partition coefficient (Wildman–Crippen LogP) is 1.05. The van der Waals surface area contributed by atoms with E-state index in [4.69, 9.17) is 5.41 Å². The van der Waals surface area contributed by atoms with E-state index in [0.29, 0.717) is 0 Å². The minimum Gasteiger partial charge on any atom is -0.394 e.